The van der Waals surface area contributed by atoms with Crippen LogP contribution in [0.3, 0.4) is 0 Å². The number of halogens is 2. The monoisotopic (exact) mass is 449 g/mol. The number of carbonyl (C=O) groups is 1. The highest BCUT2D eigenvalue weighted by molar-refractivity contribution is 7.89. The molecular weight excluding hydrogens is 421 g/mol. The lowest BCUT2D eigenvalue weighted by molar-refractivity contribution is -0.140. The van der Waals surface area contributed by atoms with Gasteiger partial charge in [0.05, 0.1) is 16.1 Å². The largest absolute Gasteiger partial charge is 0.336 e. The van der Waals surface area contributed by atoms with Gasteiger partial charge in [0.25, 0.3) is 0 Å². The zero-order valence-corrected chi connectivity index (χ0v) is 19.4. The van der Waals surface area contributed by atoms with Gasteiger partial charge in [-0.25, -0.2) is 8.42 Å². The van der Waals surface area contributed by atoms with Gasteiger partial charge in [-0.15, -0.1) is 0 Å². The number of hydrogen-bond acceptors (Lipinski definition) is 4. The van der Waals surface area contributed by atoms with E-state index in [4.69, 9.17) is 23.2 Å². The number of rotatable bonds is 6. The SMILES string of the molecule is CC(C(=O)N(C(C)C)C(C)C)N1CCN(S(=O)(=O)c2c(Cl)cccc2Cl)CC1. The Bertz CT molecular complexity index is 778. The van der Waals surface area contributed by atoms with E-state index >= 15 is 0 Å². The number of benzene rings is 1. The van der Waals surface area contributed by atoms with Crippen LogP contribution >= 0.6 is 23.2 Å². The first-order valence-corrected chi connectivity index (χ1v) is 11.7. The van der Waals surface area contributed by atoms with Crippen molar-refractivity contribution in [3.63, 3.8) is 0 Å². The quantitative estimate of drug-likeness (QED) is 0.667. The second kappa shape index (κ2) is 9.30. The van der Waals surface area contributed by atoms with E-state index in [9.17, 15) is 13.2 Å². The van der Waals surface area contributed by atoms with Crippen molar-refractivity contribution in [2.45, 2.75) is 57.6 Å². The van der Waals surface area contributed by atoms with Crippen molar-refractivity contribution in [2.75, 3.05) is 26.2 Å². The molecule has 1 fully saturated rings. The van der Waals surface area contributed by atoms with E-state index < -0.39 is 10.0 Å². The average molecular weight is 450 g/mol. The predicted octanol–water partition coefficient (Wildman–Crippen LogP) is 3.33. The molecule has 0 saturated carbocycles. The van der Waals surface area contributed by atoms with Crippen LogP contribution in [0.4, 0.5) is 0 Å². The Morgan fingerprint density at radius 3 is 1.86 bits per heavy atom. The van der Waals surface area contributed by atoms with E-state index in [0.717, 1.165) is 0 Å². The molecule has 1 atom stereocenters. The van der Waals surface area contributed by atoms with E-state index in [-0.39, 0.29) is 52.1 Å². The maximum absolute atomic E-state index is 13.0. The third-order valence-corrected chi connectivity index (χ3v) is 7.92. The Morgan fingerprint density at radius 2 is 1.43 bits per heavy atom. The van der Waals surface area contributed by atoms with Crippen molar-refractivity contribution >= 4 is 39.1 Å². The predicted molar refractivity (Wildman–Crippen MR) is 113 cm³/mol. The lowest BCUT2D eigenvalue weighted by Gasteiger charge is -2.40. The summed E-state index contributed by atoms with van der Waals surface area (Å²) >= 11 is 12.2. The van der Waals surface area contributed by atoms with Gasteiger partial charge in [0, 0.05) is 38.3 Å². The minimum Gasteiger partial charge on any atom is -0.336 e. The fourth-order valence-corrected chi connectivity index (χ4v) is 6.18. The van der Waals surface area contributed by atoms with Crippen molar-refractivity contribution in [1.82, 2.24) is 14.1 Å². The van der Waals surface area contributed by atoms with Crippen LogP contribution in [-0.2, 0) is 14.8 Å². The number of carbonyl (C=O) groups excluding carboxylic acids is 1. The van der Waals surface area contributed by atoms with E-state index in [0.29, 0.717) is 13.1 Å². The van der Waals surface area contributed by atoms with Gasteiger partial charge in [-0.3, -0.25) is 9.69 Å². The molecule has 0 N–H and O–H groups in total. The third kappa shape index (κ3) is 4.82. The van der Waals surface area contributed by atoms with Gasteiger partial charge in [0.15, 0.2) is 0 Å². The van der Waals surface area contributed by atoms with Crippen molar-refractivity contribution < 1.29 is 13.2 Å². The summed E-state index contributed by atoms with van der Waals surface area (Å²) in [5.41, 5.74) is 0. The molecule has 1 aliphatic rings. The lowest BCUT2D eigenvalue weighted by Crippen LogP contribution is -2.57. The van der Waals surface area contributed by atoms with Gasteiger partial charge in [-0.05, 0) is 46.8 Å². The fourth-order valence-electron chi connectivity index (χ4n) is 3.67. The smallest absolute Gasteiger partial charge is 0.246 e. The Kier molecular flexibility index (Phi) is 7.78. The van der Waals surface area contributed by atoms with Crippen molar-refractivity contribution in [2.24, 2.45) is 0 Å². The van der Waals surface area contributed by atoms with Crippen LogP contribution in [-0.4, -0.2) is 72.7 Å². The zero-order chi connectivity index (χ0) is 21.2. The fraction of sp³-hybridized carbons (Fsp3) is 0.632. The standard InChI is InChI=1S/C19H29Cl2N3O3S/c1-13(2)24(14(3)4)19(25)15(5)22-9-11-23(12-10-22)28(26,27)18-16(20)7-6-8-17(18)21/h6-8,13-15H,9-12H2,1-5H3. The maximum atomic E-state index is 13.0. The van der Waals surface area contributed by atoms with Crippen LogP contribution in [0.15, 0.2) is 23.1 Å². The molecule has 1 aliphatic heterocycles. The van der Waals surface area contributed by atoms with E-state index in [2.05, 4.69) is 0 Å². The molecule has 1 aromatic rings. The van der Waals surface area contributed by atoms with Crippen molar-refractivity contribution in [3.05, 3.63) is 28.2 Å². The molecule has 1 heterocycles. The summed E-state index contributed by atoms with van der Waals surface area (Å²) in [7, 11) is -3.79. The summed E-state index contributed by atoms with van der Waals surface area (Å²) in [4.78, 5) is 16.8. The molecule has 2 rings (SSSR count). The molecule has 1 amide bonds. The van der Waals surface area contributed by atoms with Crippen LogP contribution in [0.5, 0.6) is 0 Å². The summed E-state index contributed by atoms with van der Waals surface area (Å²) in [6.07, 6.45) is 0. The molecule has 0 spiro atoms. The summed E-state index contributed by atoms with van der Waals surface area (Å²) in [6.45, 7) is 11.4. The highest BCUT2D eigenvalue weighted by Crippen LogP contribution is 2.32. The highest BCUT2D eigenvalue weighted by atomic mass is 35.5. The lowest BCUT2D eigenvalue weighted by atomic mass is 10.1. The first-order chi connectivity index (χ1) is 13.0. The average Bonchev–Trinajstić information content (AvgIpc) is 2.60. The second-order valence-electron chi connectivity index (χ2n) is 7.60. The Morgan fingerprint density at radius 1 is 0.964 bits per heavy atom. The number of piperazine rings is 1. The molecule has 0 aliphatic carbocycles. The topological polar surface area (TPSA) is 60.9 Å². The summed E-state index contributed by atoms with van der Waals surface area (Å²) < 4.78 is 27.4. The van der Waals surface area contributed by atoms with Gasteiger partial charge < -0.3 is 4.90 Å². The van der Waals surface area contributed by atoms with Crippen molar-refractivity contribution in [1.29, 1.82) is 0 Å². The van der Waals surface area contributed by atoms with E-state index in [1.165, 1.54) is 16.4 Å². The third-order valence-electron chi connectivity index (χ3n) is 5.06. The maximum Gasteiger partial charge on any atom is 0.246 e. The highest BCUT2D eigenvalue weighted by Gasteiger charge is 2.35. The molecule has 1 unspecified atom stereocenters. The van der Waals surface area contributed by atoms with Crippen LogP contribution in [0.25, 0.3) is 0 Å². The van der Waals surface area contributed by atoms with Crippen LogP contribution < -0.4 is 0 Å². The summed E-state index contributed by atoms with van der Waals surface area (Å²) in [5.74, 6) is 0.0652. The number of nitrogens with zero attached hydrogens (tertiary/aromatic N) is 3. The van der Waals surface area contributed by atoms with E-state index in [1.807, 2.05) is 44.4 Å². The minimum atomic E-state index is -3.79. The zero-order valence-electron chi connectivity index (χ0n) is 17.0. The Labute approximate surface area is 178 Å². The summed E-state index contributed by atoms with van der Waals surface area (Å²) in [6, 6.07) is 4.56. The first kappa shape index (κ1) is 23.4. The molecule has 1 saturated heterocycles. The molecule has 9 heteroatoms. The molecule has 0 aromatic heterocycles. The van der Waals surface area contributed by atoms with Crippen LogP contribution in [0.1, 0.15) is 34.6 Å². The molecule has 6 nitrogen and oxygen atoms in total. The van der Waals surface area contributed by atoms with Gasteiger partial charge in [-0.1, -0.05) is 29.3 Å². The van der Waals surface area contributed by atoms with Crippen molar-refractivity contribution in [3.8, 4) is 0 Å². The van der Waals surface area contributed by atoms with Gasteiger partial charge >= 0.3 is 0 Å². The molecule has 1 aromatic carbocycles. The molecule has 0 bridgehead atoms. The van der Waals surface area contributed by atoms with Crippen LogP contribution in [0.2, 0.25) is 10.0 Å². The summed E-state index contributed by atoms with van der Waals surface area (Å²) in [5, 5.41) is 0.228. The van der Waals surface area contributed by atoms with Gasteiger partial charge in [0.1, 0.15) is 4.90 Å². The molecule has 158 valence electrons. The van der Waals surface area contributed by atoms with Gasteiger partial charge in [0.2, 0.25) is 15.9 Å². The number of sulfonamides is 1. The normalized spacial score (nSPS) is 17.9. The Balaban J connectivity index is 2.11. The first-order valence-electron chi connectivity index (χ1n) is 9.48. The molecule has 28 heavy (non-hydrogen) atoms. The number of amides is 1. The molecular formula is C19H29Cl2N3O3S. The van der Waals surface area contributed by atoms with Gasteiger partial charge in [-0.2, -0.15) is 4.31 Å². The minimum absolute atomic E-state index is 0.0540. The number of hydrogen-bond donors (Lipinski definition) is 0. The molecule has 0 radical (unpaired) electrons. The van der Waals surface area contributed by atoms with Crippen LogP contribution in [0, 0.1) is 0 Å². The Hall–Kier alpha value is -0.860. The second-order valence-corrected chi connectivity index (χ2v) is 10.3. The van der Waals surface area contributed by atoms with E-state index in [1.54, 1.807) is 6.07 Å².